The van der Waals surface area contributed by atoms with Crippen LogP contribution in [0, 0.1) is 21.3 Å². The van der Waals surface area contributed by atoms with Crippen LogP contribution in [0.25, 0.3) is 22.0 Å². The fourth-order valence-electron chi connectivity index (χ4n) is 10.9. The second-order valence-electron chi connectivity index (χ2n) is 19.0. The Kier molecular flexibility index (Phi) is 11.7. The van der Waals surface area contributed by atoms with Gasteiger partial charge in [-0.15, -0.1) is 0 Å². The molecule has 6 heterocycles. The normalized spacial score (nSPS) is 19.8. The molecule has 10 rings (SSSR count). The van der Waals surface area contributed by atoms with E-state index in [2.05, 4.69) is 58.3 Å². The van der Waals surface area contributed by atoms with Crippen molar-refractivity contribution in [3.63, 3.8) is 0 Å². The van der Waals surface area contributed by atoms with E-state index in [1.165, 1.54) is 35.9 Å². The minimum atomic E-state index is -4.92. The number of fused-ring (bicyclic) bond motifs is 2. The third-order valence-corrected chi connectivity index (χ3v) is 15.9. The number of aromatic amines is 1. The monoisotopic (exact) mass is 937 g/mol. The molecule has 3 aromatic heterocycles. The van der Waals surface area contributed by atoms with Crippen molar-refractivity contribution in [2.45, 2.75) is 93.8 Å². The number of hydrogen-bond donors (Lipinski definition) is 3. The molecule has 3 aliphatic heterocycles. The maximum atomic E-state index is 16.5. The first-order valence-electron chi connectivity index (χ1n) is 23.0. The molecule has 15 nitrogen and oxygen atoms in total. The van der Waals surface area contributed by atoms with Crippen molar-refractivity contribution in [3.8, 4) is 11.5 Å². The minimum absolute atomic E-state index is 0.0613. The third-order valence-electron chi connectivity index (χ3n) is 14.5. The van der Waals surface area contributed by atoms with Gasteiger partial charge in [0, 0.05) is 86.9 Å². The number of carbonyl (C=O) groups is 1. The second kappa shape index (κ2) is 17.5. The van der Waals surface area contributed by atoms with Crippen LogP contribution in [0.4, 0.5) is 25.8 Å². The first-order chi connectivity index (χ1) is 32.2. The van der Waals surface area contributed by atoms with Crippen LogP contribution in [-0.2, 0) is 14.8 Å². The number of nitrogens with zero attached hydrogens (tertiary/aromatic N) is 4. The molecule has 3 N–H and O–H groups in total. The highest BCUT2D eigenvalue weighted by molar-refractivity contribution is 7.90. The smallest absolute Gasteiger partial charge is 0.297 e. The number of alkyl halides is 1. The Labute approximate surface area is 386 Å². The van der Waals surface area contributed by atoms with Crippen LogP contribution < -0.4 is 19.7 Å². The molecule has 6 aromatic rings. The van der Waals surface area contributed by atoms with Crippen LogP contribution in [0.5, 0.6) is 11.5 Å². The predicted molar refractivity (Wildman–Crippen MR) is 249 cm³/mol. The van der Waals surface area contributed by atoms with E-state index in [1.807, 2.05) is 9.62 Å². The number of halogens is 2. The topological polar surface area (TPSA) is 185 Å². The van der Waals surface area contributed by atoms with E-state index in [4.69, 9.17) is 13.9 Å². The lowest BCUT2D eigenvalue weighted by Gasteiger charge is -2.56. The number of furan rings is 1. The lowest BCUT2D eigenvalue weighted by Crippen LogP contribution is -2.55. The maximum Gasteiger partial charge on any atom is 0.297 e. The Hall–Kier alpha value is -6.11. The molecule has 0 radical (unpaired) electrons. The number of H-pyrrole nitrogens is 1. The van der Waals surface area contributed by atoms with Crippen molar-refractivity contribution >= 4 is 55.0 Å². The Morgan fingerprint density at radius 2 is 1.84 bits per heavy atom. The van der Waals surface area contributed by atoms with Crippen molar-refractivity contribution < 1.29 is 40.8 Å². The standard InChI is InChI=1S/C49H53F2N7O8S/c1-30(2)34-6-3-4-7-35(34)39-8-5-16-57(39)32-26-48(27-32)11-17-56(18-12-48)40-24-42(66-33-22-31-9-15-52-46(31)53-28-33)37(23-38(40)50)47(59)55-67(62,63)43-25-41(58(60)61)44(45-36(43)10-19-65-45)54-29-49(51)13-20-64-21-14-49/h3-4,6-7,9-10,15,19,22-25,28,30,32,39,54H,5,8,11-14,16-18,20-21,26-27,29H2,1-2H3,(H,52,53)(H,55,59)/t39-/m0/s1. The van der Waals surface area contributed by atoms with Gasteiger partial charge in [-0.05, 0) is 91.8 Å². The average molecular weight is 938 g/mol. The molecule has 18 heteroatoms. The number of sulfonamides is 1. The first kappa shape index (κ1) is 44.7. The summed E-state index contributed by atoms with van der Waals surface area (Å²) < 4.78 is 79.4. The van der Waals surface area contributed by atoms with Crippen molar-refractivity contribution in [1.82, 2.24) is 19.6 Å². The van der Waals surface area contributed by atoms with E-state index in [9.17, 15) is 23.3 Å². The summed E-state index contributed by atoms with van der Waals surface area (Å²) in [5.41, 5.74) is 0.479. The number of nitrogens with one attached hydrogen (secondary N) is 3. The molecule has 4 aliphatic rings. The number of ether oxygens (including phenoxy) is 2. The van der Waals surface area contributed by atoms with E-state index in [0.717, 1.165) is 57.0 Å². The maximum absolute atomic E-state index is 16.5. The fourth-order valence-corrected chi connectivity index (χ4v) is 12.1. The number of anilines is 2. The van der Waals surface area contributed by atoms with Gasteiger partial charge in [0.15, 0.2) is 11.3 Å². The number of piperidine rings is 1. The van der Waals surface area contributed by atoms with Crippen molar-refractivity contribution in [3.05, 3.63) is 112 Å². The van der Waals surface area contributed by atoms with Gasteiger partial charge in [0.1, 0.15) is 33.5 Å². The van der Waals surface area contributed by atoms with Gasteiger partial charge < -0.3 is 29.1 Å². The van der Waals surface area contributed by atoms with Gasteiger partial charge in [-0.3, -0.25) is 19.8 Å². The second-order valence-corrected chi connectivity index (χ2v) is 20.6. The van der Waals surface area contributed by atoms with Crippen molar-refractivity contribution in [2.75, 3.05) is 49.6 Å². The number of rotatable bonds is 13. The van der Waals surface area contributed by atoms with Crippen LogP contribution in [0.2, 0.25) is 0 Å². The van der Waals surface area contributed by atoms with Gasteiger partial charge in [0.05, 0.1) is 28.6 Å². The van der Waals surface area contributed by atoms with E-state index < -0.39 is 48.5 Å². The molecule has 1 amide bonds. The van der Waals surface area contributed by atoms with Gasteiger partial charge in [0.25, 0.3) is 21.6 Å². The zero-order valence-corrected chi connectivity index (χ0v) is 38.2. The minimum Gasteiger partial charge on any atom is -0.462 e. The van der Waals surface area contributed by atoms with E-state index in [0.29, 0.717) is 42.1 Å². The highest BCUT2D eigenvalue weighted by Gasteiger charge is 2.50. The van der Waals surface area contributed by atoms with E-state index in [1.54, 1.807) is 18.3 Å². The quantitative estimate of drug-likeness (QED) is 0.0737. The molecule has 4 fully saturated rings. The number of pyridine rings is 1. The van der Waals surface area contributed by atoms with E-state index in [-0.39, 0.29) is 71.9 Å². The van der Waals surface area contributed by atoms with Gasteiger partial charge >= 0.3 is 0 Å². The fraction of sp³-hybridized carbons (Fsp3) is 0.429. The predicted octanol–water partition coefficient (Wildman–Crippen LogP) is 9.91. The molecule has 67 heavy (non-hydrogen) atoms. The highest BCUT2D eigenvalue weighted by atomic mass is 32.2. The highest BCUT2D eigenvalue weighted by Crippen LogP contribution is 2.54. The number of likely N-dealkylation sites (tertiary alicyclic amines) is 1. The van der Waals surface area contributed by atoms with Crippen LogP contribution in [0.15, 0.2) is 88.6 Å². The largest absolute Gasteiger partial charge is 0.462 e. The zero-order chi connectivity index (χ0) is 46.7. The van der Waals surface area contributed by atoms with E-state index >= 15 is 8.78 Å². The molecule has 1 aliphatic carbocycles. The molecule has 0 bridgehead atoms. The molecular formula is C49H53F2N7O8S. The summed E-state index contributed by atoms with van der Waals surface area (Å²) in [6, 6.07) is 17.6. The lowest BCUT2D eigenvalue weighted by atomic mass is 9.59. The zero-order valence-electron chi connectivity index (χ0n) is 37.4. The SMILES string of the molecule is CC(C)c1ccccc1[C@@H]1CCCN1C1CC2(CCN(c3cc(Oc4cnc5[nH]ccc5c4)c(C(=O)NS(=O)(=O)c4cc([N+](=O)[O-])c(NCC5(F)CCOCC5)c5occc45)cc3F)CC2)C1. The molecule has 1 spiro atoms. The summed E-state index contributed by atoms with van der Waals surface area (Å²) in [6.07, 6.45) is 10.6. The van der Waals surface area contributed by atoms with Gasteiger partial charge in [0.2, 0.25) is 0 Å². The number of benzene rings is 3. The van der Waals surface area contributed by atoms with Gasteiger partial charge in [-0.2, -0.15) is 0 Å². The Morgan fingerprint density at radius 3 is 2.60 bits per heavy atom. The summed E-state index contributed by atoms with van der Waals surface area (Å²) in [6.45, 7) is 6.78. The Bertz CT molecular complexity index is 2970. The lowest BCUT2D eigenvalue weighted by molar-refractivity contribution is -0.384. The number of nitro groups is 1. The number of amides is 1. The Balaban J connectivity index is 0.896. The Morgan fingerprint density at radius 1 is 1.06 bits per heavy atom. The van der Waals surface area contributed by atoms with Crippen LogP contribution >= 0.6 is 0 Å². The third kappa shape index (κ3) is 8.59. The molecule has 1 atom stereocenters. The van der Waals surface area contributed by atoms with Crippen LogP contribution in [-0.4, -0.2) is 85.2 Å². The molecule has 3 aromatic carbocycles. The summed E-state index contributed by atoms with van der Waals surface area (Å²) in [5, 5.41) is 15.8. The van der Waals surface area contributed by atoms with Crippen LogP contribution in [0.1, 0.15) is 98.7 Å². The number of hydrogen-bond acceptors (Lipinski definition) is 12. The molecule has 3 saturated heterocycles. The van der Waals surface area contributed by atoms with Gasteiger partial charge in [-0.25, -0.2) is 26.9 Å². The molecule has 0 unspecified atom stereocenters. The van der Waals surface area contributed by atoms with Crippen molar-refractivity contribution in [2.24, 2.45) is 5.41 Å². The number of carbonyl (C=O) groups excluding carboxylic acids is 1. The molecule has 352 valence electrons. The summed E-state index contributed by atoms with van der Waals surface area (Å²) >= 11 is 0. The van der Waals surface area contributed by atoms with Gasteiger partial charge in [-0.1, -0.05) is 38.1 Å². The number of nitro benzene ring substituents is 1. The summed E-state index contributed by atoms with van der Waals surface area (Å²) in [5.74, 6) is -1.46. The summed E-state index contributed by atoms with van der Waals surface area (Å²) in [4.78, 5) is 37.1. The average Bonchev–Trinajstić information content (AvgIpc) is 4.10. The molecular weight excluding hydrogens is 885 g/mol. The number of aromatic nitrogens is 2. The molecule has 1 saturated carbocycles. The summed E-state index contributed by atoms with van der Waals surface area (Å²) in [7, 11) is -4.92. The first-order valence-corrected chi connectivity index (χ1v) is 24.5. The van der Waals surface area contributed by atoms with Crippen LogP contribution in [0.3, 0.4) is 0 Å². The van der Waals surface area contributed by atoms with Crippen molar-refractivity contribution in [1.29, 1.82) is 0 Å².